The Morgan fingerprint density at radius 3 is 1.13 bits per heavy atom. The third kappa shape index (κ3) is 13.5. The number of benzene rings is 2. The highest BCUT2D eigenvalue weighted by atomic mass is 16.3. The topological polar surface area (TPSA) is 40.5 Å². The molecule has 2 aromatic rings. The van der Waals surface area contributed by atoms with Gasteiger partial charge in [0, 0.05) is 5.41 Å². The van der Waals surface area contributed by atoms with Crippen LogP contribution in [0.4, 0.5) is 0 Å². The van der Waals surface area contributed by atoms with Crippen LogP contribution >= 0.6 is 0 Å². The molecule has 2 fully saturated rings. The molecule has 2 heteroatoms. The molecule has 0 aromatic heterocycles. The summed E-state index contributed by atoms with van der Waals surface area (Å²) in [6.07, 6.45) is 39.9. The van der Waals surface area contributed by atoms with Gasteiger partial charge in [0.15, 0.2) is 0 Å². The Bertz CT molecular complexity index is 993. The molecule has 2 aliphatic carbocycles. The number of phenolic OH excluding ortho intramolecular Hbond substituents is 2. The second kappa shape index (κ2) is 21.9. The van der Waals surface area contributed by atoms with Crippen LogP contribution in [0.5, 0.6) is 11.5 Å². The van der Waals surface area contributed by atoms with Gasteiger partial charge in [0.1, 0.15) is 11.5 Å². The van der Waals surface area contributed by atoms with Crippen LogP contribution in [-0.4, -0.2) is 10.2 Å². The van der Waals surface area contributed by atoms with E-state index in [1.807, 2.05) is 24.3 Å². The van der Waals surface area contributed by atoms with Crippen LogP contribution < -0.4 is 0 Å². The molecular weight excluding hydrogens is 572 g/mol. The molecule has 4 rings (SSSR count). The van der Waals surface area contributed by atoms with Crippen LogP contribution in [0.2, 0.25) is 0 Å². The Morgan fingerprint density at radius 1 is 0.426 bits per heavy atom. The molecule has 0 unspecified atom stereocenters. The number of rotatable bonds is 23. The summed E-state index contributed by atoms with van der Waals surface area (Å²) in [5.41, 5.74) is 2.59. The molecule has 0 saturated heterocycles. The van der Waals surface area contributed by atoms with Crippen molar-refractivity contribution < 1.29 is 10.2 Å². The monoisotopic (exact) mass is 645 g/mol. The van der Waals surface area contributed by atoms with Crippen molar-refractivity contribution >= 4 is 0 Å². The average Bonchev–Trinajstić information content (AvgIpc) is 3.10. The molecule has 0 aliphatic heterocycles. The SMILES string of the molecule is CCCCCCCCCCCCCCCCCCC[C@H]1CC[C@H](CCC2CCC(c3ccc(O)cc3)(c3ccc(O)cc3)CC2)CC1. The van der Waals surface area contributed by atoms with Crippen molar-refractivity contribution in [3.05, 3.63) is 59.7 Å². The highest BCUT2D eigenvalue weighted by Gasteiger charge is 2.38. The molecule has 2 aromatic carbocycles. The zero-order valence-corrected chi connectivity index (χ0v) is 30.5. The van der Waals surface area contributed by atoms with Crippen LogP contribution in [0, 0.1) is 17.8 Å². The maximum absolute atomic E-state index is 9.91. The second-order valence-electron chi connectivity index (χ2n) is 16.0. The Hall–Kier alpha value is -1.96. The number of phenols is 2. The van der Waals surface area contributed by atoms with Gasteiger partial charge in [-0.15, -0.1) is 0 Å². The fraction of sp³-hybridized carbons (Fsp3) is 0.733. The maximum atomic E-state index is 9.91. The van der Waals surface area contributed by atoms with E-state index in [4.69, 9.17) is 0 Å². The molecule has 2 aliphatic rings. The van der Waals surface area contributed by atoms with E-state index >= 15 is 0 Å². The first-order valence-corrected chi connectivity index (χ1v) is 20.7. The van der Waals surface area contributed by atoms with Gasteiger partial charge in [-0.05, 0) is 78.8 Å². The summed E-state index contributed by atoms with van der Waals surface area (Å²) in [4.78, 5) is 0. The maximum Gasteiger partial charge on any atom is 0.115 e. The zero-order chi connectivity index (χ0) is 33.0. The van der Waals surface area contributed by atoms with Crippen LogP contribution in [0.3, 0.4) is 0 Å². The van der Waals surface area contributed by atoms with E-state index in [-0.39, 0.29) is 5.41 Å². The van der Waals surface area contributed by atoms with Crippen molar-refractivity contribution in [1.82, 2.24) is 0 Å². The van der Waals surface area contributed by atoms with E-state index in [0.717, 1.165) is 30.6 Å². The molecule has 0 spiro atoms. The summed E-state index contributed by atoms with van der Waals surface area (Å²) in [7, 11) is 0. The summed E-state index contributed by atoms with van der Waals surface area (Å²) in [6, 6.07) is 15.8. The van der Waals surface area contributed by atoms with E-state index in [0.29, 0.717) is 11.5 Å². The Labute approximate surface area is 290 Å². The van der Waals surface area contributed by atoms with Gasteiger partial charge in [-0.1, -0.05) is 185 Å². The fourth-order valence-corrected chi connectivity index (χ4v) is 9.20. The average molecular weight is 645 g/mol. The lowest BCUT2D eigenvalue weighted by atomic mass is 9.62. The summed E-state index contributed by atoms with van der Waals surface area (Å²) >= 11 is 0. The van der Waals surface area contributed by atoms with E-state index in [2.05, 4.69) is 31.2 Å². The van der Waals surface area contributed by atoms with Gasteiger partial charge >= 0.3 is 0 Å². The molecule has 0 radical (unpaired) electrons. The Balaban J connectivity index is 0.994. The Kier molecular flexibility index (Phi) is 17.6. The van der Waals surface area contributed by atoms with Crippen molar-refractivity contribution in [2.75, 3.05) is 0 Å². The smallest absolute Gasteiger partial charge is 0.115 e. The van der Waals surface area contributed by atoms with Gasteiger partial charge in [-0.25, -0.2) is 0 Å². The van der Waals surface area contributed by atoms with E-state index < -0.39 is 0 Å². The minimum Gasteiger partial charge on any atom is -0.508 e. The first-order valence-electron chi connectivity index (χ1n) is 20.7. The summed E-state index contributed by atoms with van der Waals surface area (Å²) < 4.78 is 0. The predicted octanol–water partition coefficient (Wildman–Crippen LogP) is 14.2. The van der Waals surface area contributed by atoms with E-state index in [1.54, 1.807) is 0 Å². The minimum absolute atomic E-state index is 0.0115. The van der Waals surface area contributed by atoms with E-state index in [9.17, 15) is 10.2 Å². The summed E-state index contributed by atoms with van der Waals surface area (Å²) in [6.45, 7) is 2.30. The molecule has 0 bridgehead atoms. The highest BCUT2D eigenvalue weighted by molar-refractivity contribution is 5.43. The first kappa shape index (κ1) is 37.9. The zero-order valence-electron chi connectivity index (χ0n) is 30.5. The van der Waals surface area contributed by atoms with Gasteiger partial charge in [0.25, 0.3) is 0 Å². The van der Waals surface area contributed by atoms with Crippen molar-refractivity contribution in [2.45, 2.75) is 192 Å². The molecule has 2 saturated carbocycles. The van der Waals surface area contributed by atoms with Gasteiger partial charge in [0.2, 0.25) is 0 Å². The van der Waals surface area contributed by atoms with Gasteiger partial charge in [0.05, 0.1) is 0 Å². The minimum atomic E-state index is -0.0115. The van der Waals surface area contributed by atoms with Crippen molar-refractivity contribution in [2.24, 2.45) is 17.8 Å². The largest absolute Gasteiger partial charge is 0.508 e. The third-order valence-corrected chi connectivity index (χ3v) is 12.5. The number of hydrogen-bond acceptors (Lipinski definition) is 2. The molecule has 47 heavy (non-hydrogen) atoms. The summed E-state index contributed by atoms with van der Waals surface area (Å²) in [5, 5.41) is 19.8. The molecule has 0 amide bonds. The molecular formula is C45H72O2. The standard InChI is InChI=1S/C45H72O2/c1-2-3-4-5-6-7-8-9-10-11-12-13-14-15-16-17-18-19-38-20-22-39(23-21-38)24-25-40-34-36-45(37-35-40,41-26-30-43(46)31-27-41)42-28-32-44(47)33-29-42/h26-33,38-40,46-47H,2-25,34-37H2,1H3/t38-,39-. The second-order valence-corrected chi connectivity index (χ2v) is 16.0. The normalized spacial score (nSPS) is 20.0. The lowest BCUT2D eigenvalue weighted by Crippen LogP contribution is -2.33. The highest BCUT2D eigenvalue weighted by Crippen LogP contribution is 2.48. The van der Waals surface area contributed by atoms with Crippen LogP contribution in [0.15, 0.2) is 48.5 Å². The van der Waals surface area contributed by atoms with Crippen molar-refractivity contribution in [3.63, 3.8) is 0 Å². The molecule has 0 heterocycles. The van der Waals surface area contributed by atoms with Gasteiger partial charge < -0.3 is 10.2 Å². The molecule has 2 nitrogen and oxygen atoms in total. The number of unbranched alkanes of at least 4 members (excludes halogenated alkanes) is 16. The number of aromatic hydroxyl groups is 2. The fourth-order valence-electron chi connectivity index (χ4n) is 9.20. The van der Waals surface area contributed by atoms with Gasteiger partial charge in [-0.3, -0.25) is 0 Å². The van der Waals surface area contributed by atoms with Gasteiger partial charge in [-0.2, -0.15) is 0 Å². The van der Waals surface area contributed by atoms with Crippen molar-refractivity contribution in [1.29, 1.82) is 0 Å². The van der Waals surface area contributed by atoms with Crippen LogP contribution in [0.25, 0.3) is 0 Å². The molecule has 264 valence electrons. The number of hydrogen-bond donors (Lipinski definition) is 2. The predicted molar refractivity (Wildman–Crippen MR) is 202 cm³/mol. The molecule has 0 atom stereocenters. The van der Waals surface area contributed by atoms with Crippen LogP contribution in [0.1, 0.15) is 198 Å². The third-order valence-electron chi connectivity index (χ3n) is 12.5. The lowest BCUT2D eigenvalue weighted by Gasteiger charge is -2.42. The first-order chi connectivity index (χ1) is 23.1. The Morgan fingerprint density at radius 2 is 0.745 bits per heavy atom. The molecule has 2 N–H and O–H groups in total. The van der Waals surface area contributed by atoms with Crippen molar-refractivity contribution in [3.8, 4) is 11.5 Å². The van der Waals surface area contributed by atoms with Crippen LogP contribution in [-0.2, 0) is 5.41 Å². The lowest BCUT2D eigenvalue weighted by molar-refractivity contribution is 0.208. The summed E-state index contributed by atoms with van der Waals surface area (Å²) in [5.74, 6) is 3.47. The van der Waals surface area contributed by atoms with E-state index in [1.165, 1.54) is 178 Å². The quantitative estimate of drug-likeness (QED) is 0.118.